The zero-order chi connectivity index (χ0) is 26.6. The van der Waals surface area contributed by atoms with Crippen LogP contribution in [0.5, 0.6) is 0 Å². The van der Waals surface area contributed by atoms with Crippen molar-refractivity contribution < 1.29 is 18.0 Å². The Morgan fingerprint density at radius 1 is 1.11 bits per heavy atom. The van der Waals surface area contributed by atoms with Crippen molar-refractivity contribution in [2.75, 3.05) is 36.4 Å². The normalized spacial score (nSPS) is 17.1. The van der Waals surface area contributed by atoms with Crippen LogP contribution in [0, 0.1) is 17.5 Å². The van der Waals surface area contributed by atoms with Gasteiger partial charge in [0.1, 0.15) is 11.3 Å². The summed E-state index contributed by atoms with van der Waals surface area (Å²) in [5.74, 6) is -3.00. The molecule has 1 aromatic heterocycles. The molecule has 0 spiro atoms. The summed E-state index contributed by atoms with van der Waals surface area (Å²) in [4.78, 5) is 36.6. The molecule has 2 N–H and O–H groups in total. The number of halogens is 3. The number of carbonyl (C=O) groups excluding carboxylic acids is 1. The van der Waals surface area contributed by atoms with Gasteiger partial charge >= 0.3 is 5.69 Å². The van der Waals surface area contributed by atoms with Gasteiger partial charge in [0.05, 0.1) is 28.7 Å². The third-order valence-electron chi connectivity index (χ3n) is 7.28. The number of aromatic nitrogens is 2. The van der Waals surface area contributed by atoms with Crippen LogP contribution in [-0.2, 0) is 13.1 Å². The highest BCUT2D eigenvalue weighted by atomic mass is 19.2. The van der Waals surface area contributed by atoms with Crippen molar-refractivity contribution in [1.29, 1.82) is 0 Å². The Morgan fingerprint density at radius 3 is 2.58 bits per heavy atom. The van der Waals surface area contributed by atoms with Crippen molar-refractivity contribution in [2.45, 2.75) is 38.9 Å². The van der Waals surface area contributed by atoms with Crippen LogP contribution in [0.4, 0.5) is 30.4 Å². The van der Waals surface area contributed by atoms with Crippen LogP contribution >= 0.6 is 0 Å². The average molecular weight is 526 g/mol. The van der Waals surface area contributed by atoms with E-state index in [4.69, 9.17) is 0 Å². The standard InChI is InChI=1S/C26H26F3N7O2/c1-2-36-24-19-17(30-13-31-24)11-14(20(27)23(19)33-26(36)38)12-34-7-9-35(10-8-34)18-6-5-16(21(28)22(18)29)25(37)32-15-3-4-15/h5-6,11,13,15H,2-4,7-10,12H2,1H3,(H,30,31)(H,32,37). The second-order valence-corrected chi connectivity index (χ2v) is 9.76. The van der Waals surface area contributed by atoms with Crippen LogP contribution in [0.1, 0.15) is 35.7 Å². The maximum Gasteiger partial charge on any atom is 0.349 e. The van der Waals surface area contributed by atoms with Crippen molar-refractivity contribution >= 4 is 40.3 Å². The Labute approximate surface area is 216 Å². The highest BCUT2D eigenvalue weighted by molar-refractivity contribution is 6.06. The van der Waals surface area contributed by atoms with Crippen LogP contribution in [0.15, 0.2) is 28.0 Å². The Morgan fingerprint density at radius 2 is 1.87 bits per heavy atom. The van der Waals surface area contributed by atoms with Crippen LogP contribution in [-0.4, -0.2) is 58.9 Å². The summed E-state index contributed by atoms with van der Waals surface area (Å²) < 4.78 is 46.5. The van der Waals surface area contributed by atoms with Crippen molar-refractivity contribution in [1.82, 2.24) is 19.8 Å². The number of amides is 1. The minimum absolute atomic E-state index is 0.0199. The quantitative estimate of drug-likeness (QED) is 0.514. The number of nitrogens with one attached hydrogen (secondary N) is 2. The lowest BCUT2D eigenvalue weighted by Crippen LogP contribution is -2.46. The molecule has 6 rings (SSSR count). The third-order valence-corrected chi connectivity index (χ3v) is 7.28. The molecule has 1 saturated heterocycles. The first-order chi connectivity index (χ1) is 18.4. The average Bonchev–Trinajstić information content (AvgIpc) is 3.73. The van der Waals surface area contributed by atoms with Gasteiger partial charge < -0.3 is 15.5 Å². The number of rotatable bonds is 6. The lowest BCUT2D eigenvalue weighted by atomic mass is 10.1. The fourth-order valence-corrected chi connectivity index (χ4v) is 5.06. The van der Waals surface area contributed by atoms with Gasteiger partial charge in [-0.1, -0.05) is 0 Å². The fourth-order valence-electron chi connectivity index (χ4n) is 5.06. The fraction of sp³-hybridized carbons (Fsp3) is 0.385. The number of hydrogen-bond acceptors (Lipinski definition) is 7. The highest BCUT2D eigenvalue weighted by Gasteiger charge is 2.29. The van der Waals surface area contributed by atoms with Crippen molar-refractivity contribution in [3.8, 4) is 0 Å². The molecule has 9 nitrogen and oxygen atoms in total. The topological polar surface area (TPSA) is 94.9 Å². The molecule has 1 saturated carbocycles. The largest absolute Gasteiger partial charge is 0.367 e. The molecule has 3 aromatic rings. The predicted molar refractivity (Wildman–Crippen MR) is 138 cm³/mol. The zero-order valence-corrected chi connectivity index (χ0v) is 20.7. The molecule has 3 aliphatic rings. The number of piperazine rings is 1. The molecule has 1 aliphatic carbocycles. The summed E-state index contributed by atoms with van der Waals surface area (Å²) in [6, 6.07) is 4.49. The van der Waals surface area contributed by atoms with Gasteiger partial charge in [-0.15, -0.1) is 0 Å². The SMILES string of the molecule is CCn1c2c3c(cc(CN4CCN(c5ccc(C(=O)NC6CC6)c(F)c5F)CC4)c(F)c3nc1=O)NC=N2. The van der Waals surface area contributed by atoms with Crippen LogP contribution in [0.2, 0.25) is 0 Å². The Kier molecular flexibility index (Phi) is 6.05. The number of aliphatic imine (C=N–C) groups is 1. The molecular weight excluding hydrogens is 499 g/mol. The molecule has 0 bridgehead atoms. The van der Waals surface area contributed by atoms with Gasteiger partial charge in [0.15, 0.2) is 17.5 Å². The second-order valence-electron chi connectivity index (χ2n) is 9.76. The molecule has 0 unspecified atom stereocenters. The van der Waals surface area contributed by atoms with E-state index in [0.717, 1.165) is 12.8 Å². The molecular formula is C26H26F3N7O2. The van der Waals surface area contributed by atoms with Crippen molar-refractivity contribution in [3.63, 3.8) is 0 Å². The summed E-state index contributed by atoms with van der Waals surface area (Å²) in [6.45, 7) is 4.15. The Hall–Kier alpha value is -3.93. The first-order valence-electron chi connectivity index (χ1n) is 12.7. The zero-order valence-electron chi connectivity index (χ0n) is 20.7. The van der Waals surface area contributed by atoms with Gasteiger partial charge in [-0.2, -0.15) is 4.98 Å². The van der Waals surface area contributed by atoms with Crippen molar-refractivity contribution in [2.24, 2.45) is 4.99 Å². The maximum absolute atomic E-state index is 15.5. The van der Waals surface area contributed by atoms with E-state index in [1.165, 1.54) is 23.0 Å². The number of benzene rings is 2. The monoisotopic (exact) mass is 525 g/mol. The van der Waals surface area contributed by atoms with Crippen molar-refractivity contribution in [3.05, 3.63) is 57.3 Å². The van der Waals surface area contributed by atoms with E-state index in [-0.39, 0.29) is 29.4 Å². The summed E-state index contributed by atoms with van der Waals surface area (Å²) in [7, 11) is 0. The first kappa shape index (κ1) is 24.4. The number of hydrogen-bond donors (Lipinski definition) is 2. The van der Waals surface area contributed by atoms with Gasteiger partial charge in [0.2, 0.25) is 0 Å². The van der Waals surface area contributed by atoms with Gasteiger partial charge in [-0.25, -0.2) is 23.0 Å². The van der Waals surface area contributed by atoms with Crippen LogP contribution in [0.3, 0.4) is 0 Å². The van der Waals surface area contributed by atoms with E-state index >= 15 is 4.39 Å². The van der Waals surface area contributed by atoms with E-state index in [0.29, 0.717) is 55.2 Å². The molecule has 12 heteroatoms. The van der Waals surface area contributed by atoms with Gasteiger partial charge in [0, 0.05) is 50.9 Å². The molecule has 2 aliphatic heterocycles. The summed E-state index contributed by atoms with van der Waals surface area (Å²) >= 11 is 0. The lowest BCUT2D eigenvalue weighted by molar-refractivity contribution is 0.0946. The highest BCUT2D eigenvalue weighted by Crippen LogP contribution is 2.36. The second kappa shape index (κ2) is 9.43. The van der Waals surface area contributed by atoms with Crippen LogP contribution in [0.25, 0.3) is 10.9 Å². The lowest BCUT2D eigenvalue weighted by Gasteiger charge is -2.36. The molecule has 1 amide bonds. The minimum Gasteiger partial charge on any atom is -0.367 e. The maximum atomic E-state index is 15.5. The van der Waals surface area contributed by atoms with Gasteiger partial charge in [-0.3, -0.25) is 14.3 Å². The molecule has 0 radical (unpaired) electrons. The third kappa shape index (κ3) is 4.18. The minimum atomic E-state index is -1.15. The molecule has 198 valence electrons. The predicted octanol–water partition coefficient (Wildman–Crippen LogP) is 3.13. The van der Waals surface area contributed by atoms with E-state index in [1.54, 1.807) is 17.9 Å². The molecule has 3 heterocycles. The number of anilines is 2. The van der Waals surface area contributed by atoms with E-state index in [9.17, 15) is 18.4 Å². The Bertz CT molecular complexity index is 1540. The number of carbonyl (C=O) groups is 1. The molecule has 2 fully saturated rings. The van der Waals surface area contributed by atoms with Crippen LogP contribution < -0.4 is 21.2 Å². The summed E-state index contributed by atoms with van der Waals surface area (Å²) in [5.41, 5.74) is 0.216. The Balaban J connectivity index is 1.19. The number of nitrogens with zero attached hydrogens (tertiary/aromatic N) is 5. The van der Waals surface area contributed by atoms with Gasteiger partial charge in [-0.05, 0) is 38.0 Å². The van der Waals surface area contributed by atoms with E-state index in [2.05, 4.69) is 20.6 Å². The summed E-state index contributed by atoms with van der Waals surface area (Å²) in [6.07, 6.45) is 3.17. The smallest absolute Gasteiger partial charge is 0.349 e. The molecule has 2 aromatic carbocycles. The van der Waals surface area contributed by atoms with E-state index in [1.807, 2.05) is 4.90 Å². The molecule has 0 atom stereocenters. The first-order valence-corrected chi connectivity index (χ1v) is 12.7. The summed E-state index contributed by atoms with van der Waals surface area (Å²) in [5, 5.41) is 6.16. The molecule has 38 heavy (non-hydrogen) atoms. The van der Waals surface area contributed by atoms with Gasteiger partial charge in [0.25, 0.3) is 5.91 Å². The van der Waals surface area contributed by atoms with E-state index < -0.39 is 29.0 Å².